The van der Waals surface area contributed by atoms with Crippen LogP contribution in [0.15, 0.2) is 24.5 Å². The Balaban J connectivity index is 1.49. The molecule has 1 saturated carbocycles. The van der Waals surface area contributed by atoms with E-state index < -0.39 is 17.4 Å². The zero-order chi connectivity index (χ0) is 27.6. The number of fused-ring (bicyclic) bond motifs is 1. The molecule has 0 unspecified atom stereocenters. The van der Waals surface area contributed by atoms with Gasteiger partial charge in [-0.15, -0.1) is 11.3 Å². The molecular weight excluding hydrogens is 511 g/mol. The minimum atomic E-state index is -0.551. The van der Waals surface area contributed by atoms with Crippen molar-refractivity contribution >= 4 is 45.1 Å². The molecule has 2 heterocycles. The lowest BCUT2D eigenvalue weighted by atomic mass is 9.92. The van der Waals surface area contributed by atoms with Gasteiger partial charge in [-0.25, -0.2) is 23.9 Å². The SMILES string of the molecule is COC(=O)c1sc2ncnc(Nc3ccc(F)cc3O[C@H]3CC[C@H](N(C)C(=O)OC(C)(C)C)CC3)c2c1C. The maximum Gasteiger partial charge on any atom is 0.410 e. The number of anilines is 2. The second kappa shape index (κ2) is 11.1. The summed E-state index contributed by atoms with van der Waals surface area (Å²) in [6, 6.07) is 4.35. The van der Waals surface area contributed by atoms with Gasteiger partial charge in [0.05, 0.1) is 24.3 Å². The maximum absolute atomic E-state index is 14.2. The predicted molar refractivity (Wildman–Crippen MR) is 144 cm³/mol. The molecule has 1 aliphatic rings. The Labute approximate surface area is 225 Å². The summed E-state index contributed by atoms with van der Waals surface area (Å²) in [4.78, 5) is 36.0. The molecule has 3 aromatic rings. The zero-order valence-electron chi connectivity index (χ0n) is 22.5. The van der Waals surface area contributed by atoms with Gasteiger partial charge < -0.3 is 24.4 Å². The summed E-state index contributed by atoms with van der Waals surface area (Å²) in [6.07, 6.45) is 3.84. The number of halogens is 1. The van der Waals surface area contributed by atoms with Gasteiger partial charge in [-0.2, -0.15) is 0 Å². The lowest BCUT2D eigenvalue weighted by molar-refractivity contribution is 0.0139. The summed E-state index contributed by atoms with van der Waals surface area (Å²) in [5, 5.41) is 3.94. The monoisotopic (exact) mass is 544 g/mol. The van der Waals surface area contributed by atoms with Crippen LogP contribution >= 0.6 is 11.3 Å². The molecule has 1 N–H and O–H groups in total. The van der Waals surface area contributed by atoms with Crippen molar-refractivity contribution < 1.29 is 28.2 Å². The fourth-order valence-corrected chi connectivity index (χ4v) is 5.56. The molecular formula is C27H33FN4O5S. The Morgan fingerprint density at radius 1 is 1.16 bits per heavy atom. The molecule has 9 nitrogen and oxygen atoms in total. The highest BCUT2D eigenvalue weighted by Gasteiger charge is 2.30. The first-order valence-corrected chi connectivity index (χ1v) is 13.3. The number of hydrogen-bond donors (Lipinski definition) is 1. The van der Waals surface area contributed by atoms with Crippen LogP contribution in [0.1, 0.15) is 61.7 Å². The summed E-state index contributed by atoms with van der Waals surface area (Å²) < 4.78 is 30.9. The van der Waals surface area contributed by atoms with Crippen molar-refractivity contribution in [2.45, 2.75) is 71.1 Å². The fraction of sp³-hybridized carbons (Fsp3) is 0.481. The number of ether oxygens (including phenoxy) is 3. The van der Waals surface area contributed by atoms with Crippen LogP contribution < -0.4 is 10.1 Å². The van der Waals surface area contributed by atoms with Gasteiger partial charge in [-0.3, -0.25) is 0 Å². The smallest absolute Gasteiger partial charge is 0.410 e. The number of hydrogen-bond acceptors (Lipinski definition) is 9. The standard InChI is InChI=1S/C27H33FN4O5S/c1-15-21-23(29-14-30-24(21)38-22(15)25(33)35-6)31-19-12-7-16(28)13-20(19)36-18-10-8-17(9-11-18)32(5)26(34)37-27(2,3)4/h7,12-14,17-18H,8-11H2,1-6H3,(H,29,30,31)/t17-,18-. The van der Waals surface area contributed by atoms with E-state index in [0.717, 1.165) is 12.8 Å². The number of thiophene rings is 1. The molecule has 2 aromatic heterocycles. The van der Waals surface area contributed by atoms with E-state index >= 15 is 0 Å². The van der Waals surface area contributed by atoms with E-state index in [4.69, 9.17) is 14.2 Å². The van der Waals surface area contributed by atoms with Crippen molar-refractivity contribution in [2.75, 3.05) is 19.5 Å². The van der Waals surface area contributed by atoms with Crippen molar-refractivity contribution in [1.29, 1.82) is 0 Å². The number of nitrogens with zero attached hydrogens (tertiary/aromatic N) is 3. The molecule has 1 aromatic carbocycles. The molecule has 0 radical (unpaired) electrons. The van der Waals surface area contributed by atoms with E-state index in [0.29, 0.717) is 50.8 Å². The molecule has 1 aliphatic carbocycles. The molecule has 11 heteroatoms. The van der Waals surface area contributed by atoms with Crippen molar-refractivity contribution in [3.8, 4) is 5.75 Å². The van der Waals surface area contributed by atoms with Crippen LogP contribution in [0, 0.1) is 12.7 Å². The molecule has 204 valence electrons. The van der Waals surface area contributed by atoms with Gasteiger partial charge in [-0.1, -0.05) is 0 Å². The number of benzene rings is 1. The minimum Gasteiger partial charge on any atom is -0.488 e. The Morgan fingerprint density at radius 3 is 2.53 bits per heavy atom. The third-order valence-corrected chi connectivity index (χ3v) is 7.64. The fourth-order valence-electron chi connectivity index (χ4n) is 4.49. The van der Waals surface area contributed by atoms with Crippen LogP contribution in [0.3, 0.4) is 0 Å². The third kappa shape index (κ3) is 6.15. The molecule has 4 rings (SSSR count). The van der Waals surface area contributed by atoms with Crippen molar-refractivity contribution in [2.24, 2.45) is 0 Å². The first-order valence-electron chi connectivity index (χ1n) is 12.5. The highest BCUT2D eigenvalue weighted by atomic mass is 32.1. The molecule has 1 amide bonds. The topological polar surface area (TPSA) is 103 Å². The lowest BCUT2D eigenvalue weighted by Gasteiger charge is -2.35. The second-order valence-electron chi connectivity index (χ2n) is 10.4. The van der Waals surface area contributed by atoms with Gasteiger partial charge in [-0.05, 0) is 71.1 Å². The van der Waals surface area contributed by atoms with Gasteiger partial charge in [0, 0.05) is 19.2 Å². The number of rotatable bonds is 6. The quantitative estimate of drug-likeness (QED) is 0.365. The highest BCUT2D eigenvalue weighted by molar-refractivity contribution is 7.20. The number of carbonyl (C=O) groups is 2. The van der Waals surface area contributed by atoms with E-state index in [1.165, 1.54) is 36.9 Å². The lowest BCUT2D eigenvalue weighted by Crippen LogP contribution is -2.43. The van der Waals surface area contributed by atoms with Gasteiger partial charge in [0.1, 0.15) is 39.0 Å². The molecule has 38 heavy (non-hydrogen) atoms. The van der Waals surface area contributed by atoms with E-state index in [2.05, 4.69) is 15.3 Å². The summed E-state index contributed by atoms with van der Waals surface area (Å²) in [7, 11) is 3.09. The first kappa shape index (κ1) is 27.6. The summed E-state index contributed by atoms with van der Waals surface area (Å²) in [6.45, 7) is 7.35. The van der Waals surface area contributed by atoms with Crippen LogP contribution in [-0.4, -0.2) is 58.8 Å². The Hall–Kier alpha value is -3.47. The summed E-state index contributed by atoms with van der Waals surface area (Å²) >= 11 is 1.23. The maximum atomic E-state index is 14.2. The van der Waals surface area contributed by atoms with Gasteiger partial charge >= 0.3 is 12.1 Å². The number of nitrogens with one attached hydrogen (secondary N) is 1. The van der Waals surface area contributed by atoms with Crippen LogP contribution in [0.2, 0.25) is 0 Å². The number of amides is 1. The number of carbonyl (C=O) groups excluding carboxylic acids is 2. The van der Waals surface area contributed by atoms with E-state index in [-0.39, 0.29) is 18.2 Å². The molecule has 1 fully saturated rings. The van der Waals surface area contributed by atoms with E-state index in [1.807, 2.05) is 27.7 Å². The molecule has 0 spiro atoms. The van der Waals surface area contributed by atoms with Crippen molar-refractivity contribution in [3.63, 3.8) is 0 Å². The third-order valence-electron chi connectivity index (χ3n) is 6.46. The largest absolute Gasteiger partial charge is 0.488 e. The van der Waals surface area contributed by atoms with Crippen LogP contribution in [0.4, 0.5) is 20.7 Å². The summed E-state index contributed by atoms with van der Waals surface area (Å²) in [5.74, 6) is -0.00794. The van der Waals surface area contributed by atoms with Crippen molar-refractivity contribution in [3.05, 3.63) is 40.8 Å². The van der Waals surface area contributed by atoms with E-state index in [9.17, 15) is 14.0 Å². The zero-order valence-corrected chi connectivity index (χ0v) is 23.3. The normalized spacial score (nSPS) is 17.7. The molecule has 0 atom stereocenters. The van der Waals surface area contributed by atoms with Crippen LogP contribution in [0.25, 0.3) is 10.2 Å². The Bertz CT molecular complexity index is 1330. The van der Waals surface area contributed by atoms with Gasteiger partial charge in [0.15, 0.2) is 0 Å². The van der Waals surface area contributed by atoms with Crippen LogP contribution in [0.5, 0.6) is 5.75 Å². The number of esters is 1. The summed E-state index contributed by atoms with van der Waals surface area (Å²) in [5.41, 5.74) is 0.700. The predicted octanol–water partition coefficient (Wildman–Crippen LogP) is 6.23. The average molecular weight is 545 g/mol. The van der Waals surface area contributed by atoms with Gasteiger partial charge in [0.2, 0.25) is 0 Å². The number of aryl methyl sites for hydroxylation is 1. The molecule has 0 aliphatic heterocycles. The molecule has 0 bridgehead atoms. The Morgan fingerprint density at radius 2 is 1.87 bits per heavy atom. The minimum absolute atomic E-state index is 0.0506. The Kier molecular flexibility index (Phi) is 8.05. The average Bonchev–Trinajstić information content (AvgIpc) is 3.21. The van der Waals surface area contributed by atoms with E-state index in [1.54, 1.807) is 18.0 Å². The number of aromatic nitrogens is 2. The molecule has 0 saturated heterocycles. The van der Waals surface area contributed by atoms with Crippen molar-refractivity contribution in [1.82, 2.24) is 14.9 Å². The second-order valence-corrected chi connectivity index (χ2v) is 11.4. The van der Waals surface area contributed by atoms with Gasteiger partial charge in [0.25, 0.3) is 0 Å². The first-order chi connectivity index (χ1) is 18.0. The highest BCUT2D eigenvalue weighted by Crippen LogP contribution is 2.38. The number of methoxy groups -OCH3 is 1. The van der Waals surface area contributed by atoms with Crippen LogP contribution in [-0.2, 0) is 9.47 Å².